The van der Waals surface area contributed by atoms with E-state index >= 15 is 0 Å². The Morgan fingerprint density at radius 1 is 1.06 bits per heavy atom. The van der Waals surface area contributed by atoms with Crippen molar-refractivity contribution in [3.05, 3.63) is 78.0 Å². The molecular weight excluding hydrogens is 488 g/mol. The number of carbonyl (C=O) groups is 1. The average molecular weight is 508 g/mol. The first-order chi connectivity index (χ1) is 16.6. The van der Waals surface area contributed by atoms with Gasteiger partial charge in [0.15, 0.2) is 0 Å². The fourth-order valence-electron chi connectivity index (χ4n) is 3.81. The summed E-state index contributed by atoms with van der Waals surface area (Å²) in [6.07, 6.45) is -2.40. The zero-order valence-electron chi connectivity index (χ0n) is 18.2. The first kappa shape index (κ1) is 24.7. The fraction of sp³-hybridized carbons (Fsp3) is 0.261. The predicted octanol–water partition coefficient (Wildman–Crippen LogP) is 3.77. The number of rotatable bonds is 6. The van der Waals surface area contributed by atoms with Crippen LogP contribution in [0, 0.1) is 5.82 Å². The van der Waals surface area contributed by atoms with E-state index in [1.54, 1.807) is 0 Å². The number of hydrogen-bond acceptors (Lipinski definition) is 5. The number of carbonyl (C=O) groups excluding carboxylic acids is 1. The van der Waals surface area contributed by atoms with E-state index < -0.39 is 39.5 Å². The third-order valence-electron chi connectivity index (χ3n) is 5.60. The molecule has 4 rings (SSSR count). The summed E-state index contributed by atoms with van der Waals surface area (Å²) in [5.41, 5.74) is 0.438. The molecule has 0 radical (unpaired) electrons. The molecule has 1 N–H and O–H groups in total. The van der Waals surface area contributed by atoms with Crippen LogP contribution in [0.4, 0.5) is 17.6 Å². The molecule has 1 aliphatic rings. The van der Waals surface area contributed by atoms with Gasteiger partial charge < -0.3 is 5.32 Å². The van der Waals surface area contributed by atoms with Crippen molar-refractivity contribution in [2.75, 3.05) is 6.54 Å². The Bertz CT molecular complexity index is 1310. The molecule has 1 saturated heterocycles. The van der Waals surface area contributed by atoms with E-state index in [4.69, 9.17) is 0 Å². The van der Waals surface area contributed by atoms with Crippen molar-refractivity contribution in [3.8, 4) is 11.3 Å². The highest BCUT2D eigenvalue weighted by molar-refractivity contribution is 7.89. The first-order valence-electron chi connectivity index (χ1n) is 10.6. The van der Waals surface area contributed by atoms with Crippen LogP contribution < -0.4 is 5.32 Å². The summed E-state index contributed by atoms with van der Waals surface area (Å²) in [5, 5.41) is 2.67. The molecule has 1 aromatic heterocycles. The molecule has 0 aliphatic carbocycles. The first-order valence-corrected chi connectivity index (χ1v) is 12.0. The van der Waals surface area contributed by atoms with E-state index in [1.807, 2.05) is 0 Å². The number of nitrogens with zero attached hydrogens (tertiary/aromatic N) is 3. The van der Waals surface area contributed by atoms with Gasteiger partial charge in [0.2, 0.25) is 15.9 Å². The van der Waals surface area contributed by atoms with Crippen LogP contribution in [0.3, 0.4) is 0 Å². The van der Waals surface area contributed by atoms with Gasteiger partial charge in [-0.1, -0.05) is 12.1 Å². The summed E-state index contributed by atoms with van der Waals surface area (Å²) >= 11 is 0. The Balaban J connectivity index is 1.44. The normalized spacial score (nSPS) is 16.9. The second-order valence-electron chi connectivity index (χ2n) is 7.92. The highest BCUT2D eigenvalue weighted by Gasteiger charge is 2.39. The summed E-state index contributed by atoms with van der Waals surface area (Å²) in [6.45, 7) is 0.124. The van der Waals surface area contributed by atoms with Crippen LogP contribution in [0.1, 0.15) is 24.1 Å². The standard InChI is InChI=1S/C23H20F4N4O3S/c24-17-7-9-19(10-8-17)35(33,34)31-11-1-2-21(31)22(32)28-13-18-12-20(30-14-29-18)15-3-5-16(6-4-15)23(25,26)27/h3-10,12,14,21H,1-2,11,13H2,(H,28,32)/t21-/m0/s1. The van der Waals surface area contributed by atoms with Gasteiger partial charge in [-0.15, -0.1) is 0 Å². The summed E-state index contributed by atoms with van der Waals surface area (Å²) in [4.78, 5) is 20.9. The number of hydrogen-bond donors (Lipinski definition) is 1. The van der Waals surface area contributed by atoms with Gasteiger partial charge in [0.1, 0.15) is 18.2 Å². The smallest absolute Gasteiger partial charge is 0.349 e. The minimum absolute atomic E-state index is 0.0318. The van der Waals surface area contributed by atoms with Gasteiger partial charge in [0.25, 0.3) is 0 Å². The number of aromatic nitrogens is 2. The van der Waals surface area contributed by atoms with E-state index in [0.717, 1.165) is 40.7 Å². The van der Waals surface area contributed by atoms with Gasteiger partial charge >= 0.3 is 6.18 Å². The summed E-state index contributed by atoms with van der Waals surface area (Å²) in [7, 11) is -3.99. The molecule has 2 heterocycles. The third-order valence-corrected chi connectivity index (χ3v) is 7.52. The molecule has 1 amide bonds. The number of sulfonamides is 1. The van der Waals surface area contributed by atoms with E-state index in [1.165, 1.54) is 24.5 Å². The number of amides is 1. The van der Waals surface area contributed by atoms with E-state index in [2.05, 4.69) is 15.3 Å². The lowest BCUT2D eigenvalue weighted by Crippen LogP contribution is -2.45. The lowest BCUT2D eigenvalue weighted by Gasteiger charge is -2.23. The van der Waals surface area contributed by atoms with Crippen molar-refractivity contribution in [2.45, 2.75) is 36.5 Å². The van der Waals surface area contributed by atoms with Gasteiger partial charge in [-0.25, -0.2) is 22.8 Å². The van der Waals surface area contributed by atoms with Gasteiger partial charge in [-0.2, -0.15) is 17.5 Å². The molecule has 0 bridgehead atoms. The number of benzene rings is 2. The fourth-order valence-corrected chi connectivity index (χ4v) is 5.47. The lowest BCUT2D eigenvalue weighted by molar-refractivity contribution is -0.137. The Hall–Kier alpha value is -3.38. The second kappa shape index (κ2) is 9.70. The molecule has 1 fully saturated rings. The minimum Gasteiger partial charge on any atom is -0.349 e. The quantitative estimate of drug-likeness (QED) is 0.512. The summed E-state index contributed by atoms with van der Waals surface area (Å²) < 4.78 is 78.5. The highest BCUT2D eigenvalue weighted by atomic mass is 32.2. The number of halogens is 4. The molecule has 3 aromatic rings. The van der Waals surface area contributed by atoms with Crippen LogP contribution in [-0.4, -0.2) is 41.2 Å². The van der Waals surface area contributed by atoms with Crippen LogP contribution in [-0.2, 0) is 27.5 Å². The Morgan fingerprint density at radius 2 is 1.74 bits per heavy atom. The van der Waals surface area contributed by atoms with Crippen molar-refractivity contribution in [2.24, 2.45) is 0 Å². The minimum atomic E-state index is -4.45. The molecule has 0 unspecified atom stereocenters. The SMILES string of the molecule is O=C(NCc1cc(-c2ccc(C(F)(F)F)cc2)ncn1)[C@@H]1CCCN1S(=O)(=O)c1ccc(F)cc1. The molecule has 2 aromatic carbocycles. The highest BCUT2D eigenvalue weighted by Crippen LogP contribution is 2.31. The van der Waals surface area contributed by atoms with Gasteiger partial charge in [0.05, 0.1) is 28.4 Å². The second-order valence-corrected chi connectivity index (χ2v) is 9.81. The van der Waals surface area contributed by atoms with Crippen LogP contribution in [0.2, 0.25) is 0 Å². The molecule has 12 heteroatoms. The maximum atomic E-state index is 13.2. The number of nitrogens with one attached hydrogen (secondary N) is 1. The van der Waals surface area contributed by atoms with Crippen LogP contribution >= 0.6 is 0 Å². The van der Waals surface area contributed by atoms with Crippen LogP contribution in [0.15, 0.2) is 65.8 Å². The van der Waals surface area contributed by atoms with Crippen molar-refractivity contribution >= 4 is 15.9 Å². The molecule has 0 spiro atoms. The molecule has 184 valence electrons. The van der Waals surface area contributed by atoms with E-state index in [-0.39, 0.29) is 18.0 Å². The largest absolute Gasteiger partial charge is 0.416 e. The Morgan fingerprint density at radius 3 is 2.40 bits per heavy atom. The maximum absolute atomic E-state index is 13.2. The van der Waals surface area contributed by atoms with Gasteiger partial charge in [-0.05, 0) is 55.3 Å². The molecule has 7 nitrogen and oxygen atoms in total. The zero-order valence-corrected chi connectivity index (χ0v) is 19.0. The molecular formula is C23H20F4N4O3S. The molecule has 1 aliphatic heterocycles. The van der Waals surface area contributed by atoms with Crippen molar-refractivity contribution in [1.29, 1.82) is 0 Å². The van der Waals surface area contributed by atoms with Crippen molar-refractivity contribution in [3.63, 3.8) is 0 Å². The van der Waals surface area contributed by atoms with Crippen molar-refractivity contribution < 1.29 is 30.8 Å². The van der Waals surface area contributed by atoms with Gasteiger partial charge in [-0.3, -0.25) is 4.79 Å². The Labute approximate surface area is 198 Å². The van der Waals surface area contributed by atoms with Crippen LogP contribution in [0.5, 0.6) is 0 Å². The molecule has 1 atom stereocenters. The number of alkyl halides is 3. The Kier molecular flexibility index (Phi) is 6.86. The van der Waals surface area contributed by atoms with E-state index in [9.17, 15) is 30.8 Å². The predicted molar refractivity (Wildman–Crippen MR) is 118 cm³/mol. The summed E-state index contributed by atoms with van der Waals surface area (Å²) in [6, 6.07) is 9.50. The molecule has 35 heavy (non-hydrogen) atoms. The topological polar surface area (TPSA) is 92.3 Å². The van der Waals surface area contributed by atoms with Gasteiger partial charge in [0, 0.05) is 12.1 Å². The average Bonchev–Trinajstić information content (AvgIpc) is 3.34. The molecule has 0 saturated carbocycles. The summed E-state index contributed by atoms with van der Waals surface area (Å²) in [5.74, 6) is -1.08. The maximum Gasteiger partial charge on any atom is 0.416 e. The van der Waals surface area contributed by atoms with Crippen LogP contribution in [0.25, 0.3) is 11.3 Å². The lowest BCUT2D eigenvalue weighted by atomic mass is 10.1. The third kappa shape index (κ3) is 5.49. The zero-order chi connectivity index (χ0) is 25.2. The van der Waals surface area contributed by atoms with Crippen molar-refractivity contribution in [1.82, 2.24) is 19.6 Å². The monoisotopic (exact) mass is 508 g/mol. The van der Waals surface area contributed by atoms with E-state index in [0.29, 0.717) is 29.8 Å².